The zero-order valence-electron chi connectivity index (χ0n) is 27.9. The Morgan fingerprint density at radius 2 is 1.80 bits per heavy atom. The fraction of sp³-hybridized carbons (Fsp3) is 0.444. The molecule has 2 fully saturated rings. The van der Waals surface area contributed by atoms with Gasteiger partial charge in [-0.15, -0.1) is 0 Å². The van der Waals surface area contributed by atoms with E-state index in [1.807, 2.05) is 0 Å². The van der Waals surface area contributed by atoms with E-state index in [4.69, 9.17) is 21.1 Å². The molecular formula is C36H43ClF2N4O6S. The smallest absolute Gasteiger partial charge is 0.407 e. The summed E-state index contributed by atoms with van der Waals surface area (Å²) >= 11 is 5.99. The monoisotopic (exact) mass is 732 g/mol. The molecule has 0 aromatic heterocycles. The summed E-state index contributed by atoms with van der Waals surface area (Å²) in [5, 5.41) is 8.60. The van der Waals surface area contributed by atoms with E-state index in [1.54, 1.807) is 42.5 Å². The van der Waals surface area contributed by atoms with Crippen LogP contribution < -0.4 is 16.0 Å². The number of hydrogen-bond acceptors (Lipinski definition) is 7. The van der Waals surface area contributed by atoms with E-state index >= 15 is 4.39 Å². The van der Waals surface area contributed by atoms with Crippen LogP contribution in [-0.2, 0) is 30.7 Å². The van der Waals surface area contributed by atoms with Crippen LogP contribution >= 0.6 is 11.6 Å². The molecule has 3 aromatic rings. The fourth-order valence-corrected chi connectivity index (χ4v) is 8.53. The third-order valence-electron chi connectivity index (χ3n) is 9.49. The van der Waals surface area contributed by atoms with Gasteiger partial charge in [-0.05, 0) is 86.4 Å². The Balaban J connectivity index is 1.39. The molecule has 3 atom stereocenters. The van der Waals surface area contributed by atoms with Crippen LogP contribution in [0.1, 0.15) is 49.1 Å². The zero-order valence-corrected chi connectivity index (χ0v) is 29.4. The lowest BCUT2D eigenvalue weighted by molar-refractivity contribution is -0.118. The molecule has 2 saturated heterocycles. The predicted molar refractivity (Wildman–Crippen MR) is 187 cm³/mol. The van der Waals surface area contributed by atoms with Crippen molar-refractivity contribution in [2.45, 2.75) is 61.4 Å². The maximum absolute atomic E-state index is 15.5. The Hall–Kier alpha value is -3.62. The third-order valence-corrected chi connectivity index (χ3v) is 11.8. The van der Waals surface area contributed by atoms with Crippen molar-refractivity contribution in [3.63, 3.8) is 0 Å². The first-order valence-electron chi connectivity index (χ1n) is 16.8. The largest absolute Gasteiger partial charge is 0.453 e. The molecule has 50 heavy (non-hydrogen) atoms. The number of hydrogen-bond donors (Lipinski definition) is 3. The van der Waals surface area contributed by atoms with Crippen LogP contribution in [0.4, 0.5) is 19.3 Å². The Kier molecular flexibility index (Phi) is 13.2. The van der Waals surface area contributed by atoms with Gasteiger partial charge >= 0.3 is 6.09 Å². The van der Waals surface area contributed by atoms with Crippen molar-refractivity contribution in [2.24, 2.45) is 5.92 Å². The lowest BCUT2D eigenvalue weighted by Crippen LogP contribution is -2.53. The van der Waals surface area contributed by atoms with Crippen LogP contribution in [0.15, 0.2) is 71.6 Å². The third kappa shape index (κ3) is 9.38. The molecule has 270 valence electrons. The number of nitrogens with one attached hydrogen (secondary N) is 3. The summed E-state index contributed by atoms with van der Waals surface area (Å²) in [6, 6.07) is 15.1. The predicted octanol–water partition coefficient (Wildman–Crippen LogP) is 5.87. The topological polar surface area (TPSA) is 126 Å². The van der Waals surface area contributed by atoms with E-state index in [0.717, 1.165) is 12.8 Å². The second kappa shape index (κ2) is 17.5. The van der Waals surface area contributed by atoms with Gasteiger partial charge in [-0.3, -0.25) is 4.79 Å². The number of carbonyl (C=O) groups is 2. The quantitative estimate of drug-likeness (QED) is 0.201. The maximum Gasteiger partial charge on any atom is 0.407 e. The van der Waals surface area contributed by atoms with E-state index in [1.165, 1.54) is 35.7 Å². The van der Waals surface area contributed by atoms with Crippen molar-refractivity contribution >= 4 is 39.3 Å². The number of sulfonamides is 1. The van der Waals surface area contributed by atoms with Crippen molar-refractivity contribution in [3.05, 3.63) is 94.5 Å². The van der Waals surface area contributed by atoms with Crippen LogP contribution in [0.2, 0.25) is 5.02 Å². The highest BCUT2D eigenvalue weighted by molar-refractivity contribution is 7.89. The van der Waals surface area contributed by atoms with Crippen LogP contribution in [-0.4, -0.2) is 76.8 Å². The summed E-state index contributed by atoms with van der Waals surface area (Å²) in [6.07, 6.45) is 2.31. The molecule has 0 radical (unpaired) electrons. The Bertz CT molecular complexity index is 1730. The lowest BCUT2D eigenvalue weighted by Gasteiger charge is -2.35. The molecule has 0 bridgehead atoms. The number of rotatable bonds is 13. The molecule has 14 heteroatoms. The van der Waals surface area contributed by atoms with Crippen molar-refractivity contribution in [1.82, 2.24) is 14.9 Å². The average Bonchev–Trinajstić information content (AvgIpc) is 3.13. The van der Waals surface area contributed by atoms with Gasteiger partial charge in [0.1, 0.15) is 17.7 Å². The Morgan fingerprint density at radius 1 is 1.04 bits per heavy atom. The number of benzene rings is 3. The molecule has 3 aromatic carbocycles. The highest BCUT2D eigenvalue weighted by atomic mass is 35.5. The van der Waals surface area contributed by atoms with E-state index in [9.17, 15) is 22.4 Å². The lowest BCUT2D eigenvalue weighted by atomic mass is 9.82. The standard InChI is InChI=1S/C36H43ClF2N4O6S/c1-48-36(45)42-34(28(13-10-24-16-20-49-21-17-24)25-11-15-30(37)32(39)22-25)35(44)41-33-9-5-8-31(38)29(33)14-12-26-23-40-18-19-43(26)50(46,47)27-6-3-2-4-7-27/h2-9,11,15,22,24,26,28,34,40H,10,12-14,16-21,23H2,1H3,(H,41,44)(H,42,45)/t26-,28+,34-/m0/s1. The number of amides is 2. The van der Waals surface area contributed by atoms with Crippen molar-refractivity contribution in [2.75, 3.05) is 45.3 Å². The fourth-order valence-electron chi connectivity index (χ4n) is 6.74. The number of piperazine rings is 1. The van der Waals surface area contributed by atoms with Gasteiger partial charge in [-0.25, -0.2) is 22.0 Å². The first kappa shape index (κ1) is 37.6. The molecule has 0 saturated carbocycles. The summed E-state index contributed by atoms with van der Waals surface area (Å²) in [6.45, 7) is 2.37. The summed E-state index contributed by atoms with van der Waals surface area (Å²) in [5.74, 6) is -2.25. The molecule has 2 amide bonds. The molecule has 0 aliphatic carbocycles. The van der Waals surface area contributed by atoms with Crippen molar-refractivity contribution < 1.29 is 36.3 Å². The van der Waals surface area contributed by atoms with Gasteiger partial charge in [0.2, 0.25) is 15.9 Å². The molecule has 3 N–H and O–H groups in total. The number of alkyl carbamates (subject to hydrolysis) is 1. The molecule has 2 heterocycles. The number of methoxy groups -OCH3 is 1. The van der Waals surface area contributed by atoms with Crippen LogP contribution in [0, 0.1) is 17.6 Å². The second-order valence-electron chi connectivity index (χ2n) is 12.6. The van der Waals surface area contributed by atoms with Gasteiger partial charge in [0.25, 0.3) is 0 Å². The number of nitrogens with zero attached hydrogens (tertiary/aromatic N) is 1. The molecule has 10 nitrogen and oxygen atoms in total. The normalized spacial score (nSPS) is 18.6. The summed E-state index contributed by atoms with van der Waals surface area (Å²) in [4.78, 5) is 26.9. The first-order valence-corrected chi connectivity index (χ1v) is 18.6. The Labute approximate surface area is 296 Å². The number of carbonyl (C=O) groups excluding carboxylic acids is 2. The highest BCUT2D eigenvalue weighted by Crippen LogP contribution is 2.33. The highest BCUT2D eigenvalue weighted by Gasteiger charge is 2.35. The molecule has 2 aliphatic rings. The molecule has 0 spiro atoms. The number of ether oxygens (including phenoxy) is 2. The Morgan fingerprint density at radius 3 is 2.52 bits per heavy atom. The molecule has 0 unspecified atom stereocenters. The van der Waals surface area contributed by atoms with Crippen LogP contribution in [0.25, 0.3) is 0 Å². The molecule has 2 aliphatic heterocycles. The SMILES string of the molecule is COC(=O)N[C@H](C(=O)Nc1cccc(F)c1CC[C@H]1CNCCN1S(=O)(=O)c1ccccc1)[C@H](CCC1CCOCC1)c1ccc(Cl)c(F)c1. The molecular weight excluding hydrogens is 690 g/mol. The minimum Gasteiger partial charge on any atom is -0.453 e. The van der Waals surface area contributed by atoms with Gasteiger partial charge in [0, 0.05) is 56.1 Å². The molecule has 5 rings (SSSR count). The summed E-state index contributed by atoms with van der Waals surface area (Å²) in [5.41, 5.74) is 0.828. The first-order chi connectivity index (χ1) is 24.1. The second-order valence-corrected chi connectivity index (χ2v) is 14.9. The van der Waals surface area contributed by atoms with Crippen molar-refractivity contribution in [3.8, 4) is 0 Å². The minimum atomic E-state index is -3.80. The summed E-state index contributed by atoms with van der Waals surface area (Å²) in [7, 11) is -2.62. The van der Waals surface area contributed by atoms with Crippen LogP contribution in [0.5, 0.6) is 0 Å². The average molecular weight is 733 g/mol. The van der Waals surface area contributed by atoms with Gasteiger partial charge in [0.15, 0.2) is 0 Å². The van der Waals surface area contributed by atoms with Gasteiger partial charge in [0.05, 0.1) is 17.0 Å². The van der Waals surface area contributed by atoms with E-state index in [0.29, 0.717) is 50.6 Å². The van der Waals surface area contributed by atoms with E-state index in [-0.39, 0.29) is 40.6 Å². The van der Waals surface area contributed by atoms with E-state index < -0.39 is 51.7 Å². The zero-order chi connectivity index (χ0) is 35.7. The summed E-state index contributed by atoms with van der Waals surface area (Å²) < 4.78 is 69.1. The van der Waals surface area contributed by atoms with Gasteiger partial charge in [-0.2, -0.15) is 4.31 Å². The van der Waals surface area contributed by atoms with Gasteiger partial charge in [-0.1, -0.05) is 41.9 Å². The minimum absolute atomic E-state index is 0.0773. The van der Waals surface area contributed by atoms with Gasteiger partial charge < -0.3 is 25.4 Å². The van der Waals surface area contributed by atoms with Crippen molar-refractivity contribution in [1.29, 1.82) is 0 Å². The van der Waals surface area contributed by atoms with Crippen LogP contribution in [0.3, 0.4) is 0 Å². The maximum atomic E-state index is 15.5. The number of halogens is 3. The van der Waals surface area contributed by atoms with E-state index in [2.05, 4.69) is 16.0 Å². The number of anilines is 1.